The highest BCUT2D eigenvalue weighted by Crippen LogP contribution is 2.41. The second kappa shape index (κ2) is 11.4. The number of benzene rings is 3. The van der Waals surface area contributed by atoms with Gasteiger partial charge in [0, 0.05) is 12.6 Å². The normalized spacial score (nSPS) is 15.3. The Bertz CT molecular complexity index is 1430. The average molecular weight is 515 g/mol. The highest BCUT2D eigenvalue weighted by atomic mass is 16.6. The largest absolute Gasteiger partial charge is 0.503 e. The number of ketones is 1. The summed E-state index contributed by atoms with van der Waals surface area (Å²) in [6.07, 6.45) is 3.15. The molecule has 1 amide bonds. The maximum absolute atomic E-state index is 13.3. The summed E-state index contributed by atoms with van der Waals surface area (Å²) in [5.74, 6) is -1.05. The molecule has 194 valence electrons. The molecule has 1 aliphatic heterocycles. The van der Waals surface area contributed by atoms with Crippen molar-refractivity contribution < 1.29 is 29.1 Å². The fraction of sp³-hybridized carbons (Fsp3) is 0.172. The van der Waals surface area contributed by atoms with E-state index in [4.69, 9.17) is 9.47 Å². The molecule has 0 radical (unpaired) electrons. The molecule has 3 aromatic rings. The zero-order valence-corrected chi connectivity index (χ0v) is 20.9. The molecular weight excluding hydrogens is 488 g/mol. The molecule has 9 heteroatoms. The van der Waals surface area contributed by atoms with Crippen LogP contribution in [-0.2, 0) is 16.0 Å². The van der Waals surface area contributed by atoms with Gasteiger partial charge in [0.2, 0.25) is 0 Å². The van der Waals surface area contributed by atoms with Gasteiger partial charge in [-0.05, 0) is 41.8 Å². The van der Waals surface area contributed by atoms with Crippen LogP contribution in [0.1, 0.15) is 22.7 Å². The third-order valence-corrected chi connectivity index (χ3v) is 6.31. The Kier molecular flexibility index (Phi) is 7.86. The first-order valence-corrected chi connectivity index (χ1v) is 11.8. The number of hydrogen-bond donors (Lipinski definition) is 1. The Balaban J connectivity index is 1.71. The van der Waals surface area contributed by atoms with E-state index in [1.54, 1.807) is 36.4 Å². The lowest BCUT2D eigenvalue weighted by Crippen LogP contribution is -2.33. The van der Waals surface area contributed by atoms with Crippen molar-refractivity contribution in [1.82, 2.24) is 4.90 Å². The molecule has 1 unspecified atom stereocenters. The minimum absolute atomic E-state index is 0.0777. The fourth-order valence-corrected chi connectivity index (χ4v) is 4.46. The number of nitro benzene ring substituents is 1. The van der Waals surface area contributed by atoms with Crippen LogP contribution in [0.2, 0.25) is 0 Å². The molecule has 3 aromatic carbocycles. The van der Waals surface area contributed by atoms with Gasteiger partial charge < -0.3 is 19.5 Å². The highest BCUT2D eigenvalue weighted by Gasteiger charge is 2.45. The zero-order chi connectivity index (χ0) is 27.2. The predicted molar refractivity (Wildman–Crippen MR) is 141 cm³/mol. The Morgan fingerprint density at radius 3 is 2.39 bits per heavy atom. The third-order valence-electron chi connectivity index (χ3n) is 6.31. The second-order valence-corrected chi connectivity index (χ2v) is 8.53. The van der Waals surface area contributed by atoms with Crippen LogP contribution in [0.15, 0.2) is 90.2 Å². The topological polar surface area (TPSA) is 119 Å². The first-order valence-electron chi connectivity index (χ1n) is 11.8. The van der Waals surface area contributed by atoms with Gasteiger partial charge >= 0.3 is 0 Å². The molecule has 0 fully saturated rings. The van der Waals surface area contributed by atoms with Gasteiger partial charge in [-0.1, -0.05) is 54.6 Å². The minimum atomic E-state index is -1.14. The van der Waals surface area contributed by atoms with Crippen LogP contribution < -0.4 is 9.47 Å². The number of allylic oxidation sites excluding steroid dienone is 1. The molecular formula is C29H26N2O7. The third kappa shape index (κ3) is 5.27. The lowest BCUT2D eigenvalue weighted by atomic mass is 9.94. The van der Waals surface area contributed by atoms with E-state index in [1.165, 1.54) is 43.4 Å². The number of nitro groups is 1. The lowest BCUT2D eigenvalue weighted by Gasteiger charge is -2.26. The molecule has 1 heterocycles. The predicted octanol–water partition coefficient (Wildman–Crippen LogP) is 4.83. The van der Waals surface area contributed by atoms with Crippen molar-refractivity contribution in [3.05, 3.63) is 117 Å². The summed E-state index contributed by atoms with van der Waals surface area (Å²) >= 11 is 0. The molecule has 0 saturated heterocycles. The summed E-state index contributed by atoms with van der Waals surface area (Å²) < 4.78 is 10.6. The molecule has 1 aliphatic rings. The quantitative estimate of drug-likeness (QED) is 0.234. The Morgan fingerprint density at radius 2 is 1.71 bits per heavy atom. The number of aliphatic hydroxyl groups excluding tert-OH is 1. The van der Waals surface area contributed by atoms with Gasteiger partial charge in [-0.2, -0.15) is 0 Å². The monoisotopic (exact) mass is 514 g/mol. The van der Waals surface area contributed by atoms with Gasteiger partial charge in [0.05, 0.1) is 36.3 Å². The average Bonchev–Trinajstić information content (AvgIpc) is 3.20. The van der Waals surface area contributed by atoms with Crippen LogP contribution >= 0.6 is 0 Å². The van der Waals surface area contributed by atoms with Gasteiger partial charge in [0.1, 0.15) is 0 Å². The van der Waals surface area contributed by atoms with E-state index in [-0.39, 0.29) is 23.4 Å². The van der Waals surface area contributed by atoms with E-state index in [1.807, 2.05) is 24.3 Å². The van der Waals surface area contributed by atoms with Crippen molar-refractivity contribution in [2.75, 3.05) is 20.8 Å². The maximum Gasteiger partial charge on any atom is 0.290 e. The van der Waals surface area contributed by atoms with Gasteiger partial charge in [-0.25, -0.2) is 0 Å². The molecule has 1 atom stereocenters. The minimum Gasteiger partial charge on any atom is -0.503 e. The van der Waals surface area contributed by atoms with Gasteiger partial charge in [0.25, 0.3) is 11.6 Å². The van der Waals surface area contributed by atoms with Crippen LogP contribution in [0.3, 0.4) is 0 Å². The van der Waals surface area contributed by atoms with Crippen LogP contribution in [0, 0.1) is 10.1 Å². The smallest absolute Gasteiger partial charge is 0.290 e. The summed E-state index contributed by atoms with van der Waals surface area (Å²) in [7, 11) is 3.04. The van der Waals surface area contributed by atoms with Gasteiger partial charge in [0.15, 0.2) is 23.0 Å². The summed E-state index contributed by atoms with van der Waals surface area (Å²) in [4.78, 5) is 39.1. The molecule has 0 aliphatic carbocycles. The number of nitrogens with zero attached hydrogens (tertiary/aromatic N) is 2. The van der Waals surface area contributed by atoms with Crippen molar-refractivity contribution in [2.45, 2.75) is 12.5 Å². The summed E-state index contributed by atoms with van der Waals surface area (Å²) in [6, 6.07) is 19.1. The van der Waals surface area contributed by atoms with Crippen LogP contribution in [0.4, 0.5) is 5.69 Å². The molecule has 0 spiro atoms. The summed E-state index contributed by atoms with van der Waals surface area (Å²) in [6.45, 7) is 0.0777. The number of para-hydroxylation sites is 1. The lowest BCUT2D eigenvalue weighted by molar-refractivity contribution is -0.385. The van der Waals surface area contributed by atoms with Gasteiger partial charge in [-0.15, -0.1) is 0 Å². The molecule has 1 N–H and O–H groups in total. The Hall–Kier alpha value is -4.92. The van der Waals surface area contributed by atoms with Crippen molar-refractivity contribution >= 4 is 23.5 Å². The zero-order valence-electron chi connectivity index (χ0n) is 20.9. The van der Waals surface area contributed by atoms with Crippen molar-refractivity contribution in [2.24, 2.45) is 0 Å². The van der Waals surface area contributed by atoms with Crippen molar-refractivity contribution in [3.63, 3.8) is 0 Å². The maximum atomic E-state index is 13.3. The van der Waals surface area contributed by atoms with Crippen LogP contribution in [0.5, 0.6) is 11.5 Å². The van der Waals surface area contributed by atoms with E-state index < -0.39 is 28.4 Å². The fourth-order valence-electron chi connectivity index (χ4n) is 4.46. The van der Waals surface area contributed by atoms with Crippen LogP contribution in [0.25, 0.3) is 6.08 Å². The number of hydrogen-bond acceptors (Lipinski definition) is 7. The standard InChI is InChI=1S/C29H26N2O7/c1-37-24-15-13-20(18-25(24)38-2)16-17-30-27(21-10-6-7-11-22(21)31(35)36)26(28(33)29(30)34)23(32)14-12-19-8-4-3-5-9-19/h3-15,18,27,33H,16-17H2,1-2H3/b14-12+. The number of amides is 1. The molecule has 9 nitrogen and oxygen atoms in total. The van der Waals surface area contributed by atoms with E-state index in [2.05, 4.69) is 0 Å². The highest BCUT2D eigenvalue weighted by molar-refractivity contribution is 6.14. The SMILES string of the molecule is COc1ccc(CCN2C(=O)C(O)=C(C(=O)/C=C/c3ccccc3)C2c2ccccc2[N+](=O)[O-])cc1OC. The van der Waals surface area contributed by atoms with Crippen LogP contribution in [-0.4, -0.2) is 47.4 Å². The number of methoxy groups -OCH3 is 2. The van der Waals surface area contributed by atoms with E-state index in [0.717, 1.165) is 11.1 Å². The molecule has 38 heavy (non-hydrogen) atoms. The van der Waals surface area contributed by atoms with E-state index >= 15 is 0 Å². The number of carbonyl (C=O) groups is 2. The number of aliphatic hydroxyl groups is 1. The van der Waals surface area contributed by atoms with Crippen molar-refractivity contribution in [3.8, 4) is 11.5 Å². The molecule has 4 rings (SSSR count). The number of carbonyl (C=O) groups excluding carboxylic acids is 2. The second-order valence-electron chi connectivity index (χ2n) is 8.53. The van der Waals surface area contributed by atoms with Crippen molar-refractivity contribution in [1.29, 1.82) is 0 Å². The summed E-state index contributed by atoms with van der Waals surface area (Å²) in [5.41, 5.74) is 1.23. The Labute approximate surface area is 219 Å². The number of ether oxygens (including phenoxy) is 2. The first kappa shape index (κ1) is 26.2. The Morgan fingerprint density at radius 1 is 1.03 bits per heavy atom. The van der Waals surface area contributed by atoms with E-state index in [0.29, 0.717) is 17.9 Å². The van der Waals surface area contributed by atoms with E-state index in [9.17, 15) is 24.8 Å². The number of rotatable bonds is 10. The molecule has 0 bridgehead atoms. The summed E-state index contributed by atoms with van der Waals surface area (Å²) in [5, 5.41) is 22.7. The first-order chi connectivity index (χ1) is 18.3. The van der Waals surface area contributed by atoms with Gasteiger partial charge in [-0.3, -0.25) is 19.7 Å². The molecule has 0 saturated carbocycles. The molecule has 0 aromatic heterocycles.